The van der Waals surface area contributed by atoms with Crippen molar-refractivity contribution in [2.75, 3.05) is 13.6 Å². The normalized spacial score (nSPS) is 23.1. The van der Waals surface area contributed by atoms with Gasteiger partial charge in [-0.25, -0.2) is 0 Å². The molecule has 2 unspecified atom stereocenters. The van der Waals surface area contributed by atoms with Gasteiger partial charge >= 0.3 is 0 Å². The van der Waals surface area contributed by atoms with Crippen LogP contribution in [-0.2, 0) is 5.41 Å². The summed E-state index contributed by atoms with van der Waals surface area (Å²) in [6, 6.07) is 19.2. The Morgan fingerprint density at radius 1 is 1.13 bits per heavy atom. The lowest BCUT2D eigenvalue weighted by molar-refractivity contribution is 0.271. The smallest absolute Gasteiger partial charge is 0.127 e. The van der Waals surface area contributed by atoms with Crippen LogP contribution in [0.4, 0.5) is 0 Å². The molecular weight excluding hydrogens is 302 g/mol. The second-order valence-corrected chi connectivity index (χ2v) is 7.22. The Kier molecular flexibility index (Phi) is 3.83. The number of nitrogens with one attached hydrogen (secondary N) is 1. The van der Waals surface area contributed by atoms with Gasteiger partial charge in [0, 0.05) is 15.7 Å². The number of hydrogen-bond donors (Lipinski definition) is 1. The summed E-state index contributed by atoms with van der Waals surface area (Å²) >= 11 is 1.85. The lowest BCUT2D eigenvalue weighted by atomic mass is 10.00. The Balaban J connectivity index is 1.61. The first-order valence-corrected chi connectivity index (χ1v) is 9.04. The first kappa shape index (κ1) is 14.7. The summed E-state index contributed by atoms with van der Waals surface area (Å²) in [5.41, 5.74) is 0.189. The number of fused-ring (bicyclic) bond motifs is 1. The first-order chi connectivity index (χ1) is 11.3. The van der Waals surface area contributed by atoms with E-state index in [1.54, 1.807) is 0 Å². The molecule has 3 aromatic rings. The zero-order valence-corrected chi connectivity index (χ0v) is 14.1. The highest BCUT2D eigenvalue weighted by atomic mass is 32.1. The van der Waals surface area contributed by atoms with E-state index < -0.39 is 0 Å². The fourth-order valence-corrected chi connectivity index (χ4v) is 4.45. The van der Waals surface area contributed by atoms with Gasteiger partial charge in [-0.15, -0.1) is 11.3 Å². The summed E-state index contributed by atoms with van der Waals surface area (Å²) in [5.74, 6) is 1.01. The van der Waals surface area contributed by atoms with E-state index in [0.717, 1.165) is 25.1 Å². The second kappa shape index (κ2) is 5.99. The molecule has 1 aromatic heterocycles. The molecule has 0 amide bonds. The predicted octanol–water partition coefficient (Wildman–Crippen LogP) is 4.60. The highest BCUT2D eigenvalue weighted by Gasteiger charge is 2.57. The van der Waals surface area contributed by atoms with Crippen LogP contribution in [0.1, 0.15) is 17.7 Å². The summed E-state index contributed by atoms with van der Waals surface area (Å²) in [6.45, 7) is 1.02. The van der Waals surface area contributed by atoms with Crippen LogP contribution < -0.4 is 10.1 Å². The SMILES string of the molecule is CNCCC1(c2cccs2)CC1Oc1cccc2ccccc12. The fraction of sp³-hybridized carbons (Fsp3) is 0.300. The summed E-state index contributed by atoms with van der Waals surface area (Å²) in [7, 11) is 2.02. The van der Waals surface area contributed by atoms with Gasteiger partial charge in [0.15, 0.2) is 0 Å². The molecule has 2 atom stereocenters. The zero-order valence-electron chi connectivity index (χ0n) is 13.3. The van der Waals surface area contributed by atoms with Crippen LogP contribution in [0.3, 0.4) is 0 Å². The standard InChI is InChI=1S/C20H21NOS/c1-21-12-11-20(19-10-5-13-23-19)14-18(20)22-17-9-4-7-15-6-2-3-8-16(15)17/h2-10,13,18,21H,11-12,14H2,1H3. The predicted molar refractivity (Wildman–Crippen MR) is 97.5 cm³/mol. The molecule has 0 spiro atoms. The van der Waals surface area contributed by atoms with E-state index in [2.05, 4.69) is 65.3 Å². The van der Waals surface area contributed by atoms with Crippen molar-refractivity contribution < 1.29 is 4.74 Å². The van der Waals surface area contributed by atoms with E-state index in [1.807, 2.05) is 18.4 Å². The Bertz CT molecular complexity index is 793. The Labute approximate surface area is 141 Å². The third kappa shape index (κ3) is 2.64. The largest absolute Gasteiger partial charge is 0.489 e. The maximum atomic E-state index is 6.45. The number of thiophene rings is 1. The summed E-state index contributed by atoms with van der Waals surface area (Å²) < 4.78 is 6.45. The van der Waals surface area contributed by atoms with Crippen molar-refractivity contribution in [3.05, 3.63) is 64.9 Å². The van der Waals surface area contributed by atoms with Gasteiger partial charge < -0.3 is 10.1 Å². The Morgan fingerprint density at radius 3 is 2.83 bits per heavy atom. The fourth-order valence-electron chi connectivity index (χ4n) is 3.43. The van der Waals surface area contributed by atoms with E-state index in [-0.39, 0.29) is 11.5 Å². The van der Waals surface area contributed by atoms with Crippen LogP contribution in [0.25, 0.3) is 10.8 Å². The molecule has 4 rings (SSSR count). The molecule has 0 bridgehead atoms. The zero-order chi connectivity index (χ0) is 15.7. The van der Waals surface area contributed by atoms with Crippen molar-refractivity contribution in [2.45, 2.75) is 24.4 Å². The van der Waals surface area contributed by atoms with Crippen molar-refractivity contribution in [3.8, 4) is 5.75 Å². The molecule has 1 aliphatic rings. The number of ether oxygens (including phenoxy) is 1. The topological polar surface area (TPSA) is 21.3 Å². The molecule has 2 nitrogen and oxygen atoms in total. The molecule has 0 radical (unpaired) electrons. The van der Waals surface area contributed by atoms with Crippen LogP contribution in [0.15, 0.2) is 60.0 Å². The quantitative estimate of drug-likeness (QED) is 0.716. The van der Waals surface area contributed by atoms with E-state index in [0.29, 0.717) is 0 Å². The summed E-state index contributed by atoms with van der Waals surface area (Å²) in [4.78, 5) is 1.46. The lowest BCUT2D eigenvalue weighted by Gasteiger charge is -2.17. The van der Waals surface area contributed by atoms with Crippen LogP contribution in [-0.4, -0.2) is 19.7 Å². The molecular formula is C20H21NOS. The average Bonchev–Trinajstić information content (AvgIpc) is 3.01. The van der Waals surface area contributed by atoms with Crippen molar-refractivity contribution in [2.24, 2.45) is 0 Å². The van der Waals surface area contributed by atoms with Crippen LogP contribution in [0, 0.1) is 0 Å². The molecule has 0 aliphatic heterocycles. The van der Waals surface area contributed by atoms with Crippen LogP contribution >= 0.6 is 11.3 Å². The van der Waals surface area contributed by atoms with Gasteiger partial charge in [-0.3, -0.25) is 0 Å². The average molecular weight is 323 g/mol. The van der Waals surface area contributed by atoms with Gasteiger partial charge in [0.25, 0.3) is 0 Å². The third-order valence-corrected chi connectivity index (χ3v) is 5.95. The molecule has 3 heteroatoms. The van der Waals surface area contributed by atoms with Crippen molar-refractivity contribution in [1.82, 2.24) is 5.32 Å². The van der Waals surface area contributed by atoms with Crippen LogP contribution in [0.5, 0.6) is 5.75 Å². The summed E-state index contributed by atoms with van der Waals surface area (Å²) in [5, 5.41) is 7.90. The monoisotopic (exact) mass is 323 g/mol. The van der Waals surface area contributed by atoms with Crippen molar-refractivity contribution >= 4 is 22.1 Å². The van der Waals surface area contributed by atoms with E-state index in [1.165, 1.54) is 15.6 Å². The molecule has 118 valence electrons. The Hall–Kier alpha value is -1.84. The number of rotatable bonds is 6. The van der Waals surface area contributed by atoms with E-state index in [9.17, 15) is 0 Å². The first-order valence-electron chi connectivity index (χ1n) is 8.16. The van der Waals surface area contributed by atoms with E-state index >= 15 is 0 Å². The molecule has 0 saturated heterocycles. The summed E-state index contributed by atoms with van der Waals surface area (Å²) in [6.07, 6.45) is 2.51. The second-order valence-electron chi connectivity index (χ2n) is 6.27. The Morgan fingerprint density at radius 2 is 2.00 bits per heavy atom. The van der Waals surface area contributed by atoms with Gasteiger partial charge in [0.05, 0.1) is 0 Å². The minimum Gasteiger partial charge on any atom is -0.489 e. The van der Waals surface area contributed by atoms with Gasteiger partial charge in [-0.1, -0.05) is 42.5 Å². The number of benzene rings is 2. The molecule has 1 fully saturated rings. The number of hydrogen-bond acceptors (Lipinski definition) is 3. The maximum absolute atomic E-state index is 6.45. The van der Waals surface area contributed by atoms with Gasteiger partial charge in [0.2, 0.25) is 0 Å². The molecule has 1 saturated carbocycles. The highest BCUT2D eigenvalue weighted by molar-refractivity contribution is 7.10. The maximum Gasteiger partial charge on any atom is 0.127 e. The molecule has 23 heavy (non-hydrogen) atoms. The molecule has 1 N–H and O–H groups in total. The minimum atomic E-state index is 0.189. The lowest BCUT2D eigenvalue weighted by Crippen LogP contribution is -2.21. The molecule has 2 aromatic carbocycles. The molecule has 1 heterocycles. The van der Waals surface area contributed by atoms with Crippen LogP contribution in [0.2, 0.25) is 0 Å². The van der Waals surface area contributed by atoms with Gasteiger partial charge in [-0.05, 0) is 49.3 Å². The minimum absolute atomic E-state index is 0.189. The van der Waals surface area contributed by atoms with Gasteiger partial charge in [0.1, 0.15) is 11.9 Å². The highest BCUT2D eigenvalue weighted by Crippen LogP contribution is 2.54. The third-order valence-electron chi connectivity index (χ3n) is 4.86. The molecule has 1 aliphatic carbocycles. The van der Waals surface area contributed by atoms with Gasteiger partial charge in [-0.2, -0.15) is 0 Å². The van der Waals surface area contributed by atoms with Crippen molar-refractivity contribution in [3.63, 3.8) is 0 Å². The van der Waals surface area contributed by atoms with Crippen molar-refractivity contribution in [1.29, 1.82) is 0 Å². The van der Waals surface area contributed by atoms with E-state index in [4.69, 9.17) is 4.74 Å².